The largest absolute Gasteiger partial charge is 0.507 e. The Morgan fingerprint density at radius 2 is 2.04 bits per heavy atom. The van der Waals surface area contributed by atoms with E-state index in [1.807, 2.05) is 0 Å². The van der Waals surface area contributed by atoms with Gasteiger partial charge in [0.2, 0.25) is 0 Å². The molecule has 0 aliphatic rings. The SMILES string of the molecule is COc1ccc(CNC(=O)c2cc(-c3cnccc3CO)ccc2O)cc1F. The van der Waals surface area contributed by atoms with Crippen LogP contribution in [0.5, 0.6) is 11.5 Å². The smallest absolute Gasteiger partial charge is 0.255 e. The molecule has 28 heavy (non-hydrogen) atoms. The van der Waals surface area contributed by atoms with Crippen molar-refractivity contribution in [2.45, 2.75) is 13.2 Å². The van der Waals surface area contributed by atoms with Crippen molar-refractivity contribution in [2.24, 2.45) is 0 Å². The number of amides is 1. The summed E-state index contributed by atoms with van der Waals surface area (Å²) in [6.07, 6.45) is 3.15. The van der Waals surface area contributed by atoms with Crippen LogP contribution in [0, 0.1) is 5.82 Å². The molecule has 0 aliphatic heterocycles. The van der Waals surface area contributed by atoms with Crippen LogP contribution in [0.15, 0.2) is 54.9 Å². The third-order valence-corrected chi connectivity index (χ3v) is 4.30. The highest BCUT2D eigenvalue weighted by atomic mass is 19.1. The Balaban J connectivity index is 1.81. The number of halogens is 1. The van der Waals surface area contributed by atoms with E-state index in [9.17, 15) is 19.4 Å². The highest BCUT2D eigenvalue weighted by Crippen LogP contribution is 2.28. The number of carbonyl (C=O) groups excluding carboxylic acids is 1. The number of phenolic OH excluding ortho intramolecular Hbond substituents is 1. The number of aliphatic hydroxyl groups is 1. The lowest BCUT2D eigenvalue weighted by Gasteiger charge is -2.11. The molecule has 3 aromatic rings. The van der Waals surface area contributed by atoms with E-state index in [0.29, 0.717) is 22.3 Å². The van der Waals surface area contributed by atoms with Gasteiger partial charge in [-0.05, 0) is 47.0 Å². The molecule has 3 N–H and O–H groups in total. The molecule has 0 aliphatic carbocycles. The summed E-state index contributed by atoms with van der Waals surface area (Å²) in [5.41, 5.74) is 2.57. The molecule has 1 heterocycles. The molecule has 2 aromatic carbocycles. The fourth-order valence-corrected chi connectivity index (χ4v) is 2.80. The van der Waals surface area contributed by atoms with Crippen LogP contribution < -0.4 is 10.1 Å². The molecule has 0 saturated heterocycles. The summed E-state index contributed by atoms with van der Waals surface area (Å²) in [6, 6.07) is 10.6. The molecule has 0 fully saturated rings. The third kappa shape index (κ3) is 4.10. The first kappa shape index (κ1) is 19.3. The molecule has 0 saturated carbocycles. The number of hydrogen-bond donors (Lipinski definition) is 3. The maximum atomic E-state index is 13.8. The molecule has 1 amide bonds. The second kappa shape index (κ2) is 8.49. The van der Waals surface area contributed by atoms with Crippen molar-refractivity contribution < 1.29 is 24.1 Å². The van der Waals surface area contributed by atoms with Gasteiger partial charge in [-0.2, -0.15) is 0 Å². The van der Waals surface area contributed by atoms with Crippen molar-refractivity contribution in [2.75, 3.05) is 7.11 Å². The van der Waals surface area contributed by atoms with E-state index < -0.39 is 11.7 Å². The van der Waals surface area contributed by atoms with Crippen molar-refractivity contribution in [3.05, 3.63) is 77.4 Å². The monoisotopic (exact) mass is 382 g/mol. The zero-order valence-electron chi connectivity index (χ0n) is 15.1. The van der Waals surface area contributed by atoms with E-state index in [2.05, 4.69) is 10.3 Å². The van der Waals surface area contributed by atoms with Crippen LogP contribution in [0.25, 0.3) is 11.1 Å². The van der Waals surface area contributed by atoms with Crippen LogP contribution >= 0.6 is 0 Å². The first-order valence-corrected chi connectivity index (χ1v) is 8.51. The summed E-state index contributed by atoms with van der Waals surface area (Å²) in [5, 5.41) is 22.2. The van der Waals surface area contributed by atoms with E-state index in [0.717, 1.165) is 0 Å². The van der Waals surface area contributed by atoms with Crippen LogP contribution in [-0.2, 0) is 13.2 Å². The van der Waals surface area contributed by atoms with Crippen molar-refractivity contribution in [1.29, 1.82) is 0 Å². The molecule has 0 bridgehead atoms. The van der Waals surface area contributed by atoms with Gasteiger partial charge in [-0.3, -0.25) is 9.78 Å². The number of rotatable bonds is 6. The molecule has 0 atom stereocenters. The number of hydrogen-bond acceptors (Lipinski definition) is 5. The number of benzene rings is 2. The second-order valence-electron chi connectivity index (χ2n) is 6.07. The highest BCUT2D eigenvalue weighted by molar-refractivity contribution is 5.98. The van der Waals surface area contributed by atoms with Gasteiger partial charge in [0.05, 0.1) is 19.3 Å². The Bertz CT molecular complexity index is 1010. The van der Waals surface area contributed by atoms with Gasteiger partial charge < -0.3 is 20.3 Å². The standard InChI is InChI=1S/C21H19FN2O4/c1-28-20-5-2-13(8-18(20)22)10-24-21(27)16-9-14(3-4-19(16)26)17-11-23-7-6-15(17)12-25/h2-9,11,25-26H,10,12H2,1H3,(H,24,27). The van der Waals surface area contributed by atoms with Crippen LogP contribution in [0.1, 0.15) is 21.5 Å². The minimum atomic E-state index is -0.521. The number of ether oxygens (including phenoxy) is 1. The van der Waals surface area contributed by atoms with Gasteiger partial charge in [-0.1, -0.05) is 12.1 Å². The summed E-state index contributed by atoms with van der Waals surface area (Å²) in [5.74, 6) is -1.09. The van der Waals surface area contributed by atoms with Crippen LogP contribution in [0.4, 0.5) is 4.39 Å². The summed E-state index contributed by atoms with van der Waals surface area (Å²) < 4.78 is 18.6. The van der Waals surface area contributed by atoms with Crippen LogP contribution in [-0.4, -0.2) is 28.2 Å². The summed E-state index contributed by atoms with van der Waals surface area (Å²) in [6.45, 7) is -0.0957. The van der Waals surface area contributed by atoms with E-state index in [1.165, 1.54) is 31.4 Å². The van der Waals surface area contributed by atoms with Crippen LogP contribution in [0.3, 0.4) is 0 Å². The minimum Gasteiger partial charge on any atom is -0.507 e. The minimum absolute atomic E-state index is 0.0687. The van der Waals surface area contributed by atoms with Gasteiger partial charge >= 0.3 is 0 Å². The van der Waals surface area contributed by atoms with Gasteiger partial charge in [-0.15, -0.1) is 0 Å². The molecule has 6 nitrogen and oxygen atoms in total. The summed E-state index contributed by atoms with van der Waals surface area (Å²) in [7, 11) is 1.38. The molecule has 0 radical (unpaired) electrons. The average Bonchev–Trinajstić information content (AvgIpc) is 2.72. The first-order chi connectivity index (χ1) is 13.5. The lowest BCUT2D eigenvalue weighted by molar-refractivity contribution is 0.0948. The van der Waals surface area contributed by atoms with Gasteiger partial charge in [-0.25, -0.2) is 4.39 Å². The Kier molecular flexibility index (Phi) is 5.86. The predicted molar refractivity (Wildman–Crippen MR) is 101 cm³/mol. The number of methoxy groups -OCH3 is 1. The van der Waals surface area contributed by atoms with Gasteiger partial charge in [0, 0.05) is 24.5 Å². The fourth-order valence-electron chi connectivity index (χ4n) is 2.80. The number of aromatic nitrogens is 1. The quantitative estimate of drug-likeness (QED) is 0.610. The number of nitrogens with zero attached hydrogens (tertiary/aromatic N) is 1. The Labute approximate surface area is 161 Å². The van der Waals surface area contributed by atoms with Crippen LogP contribution in [0.2, 0.25) is 0 Å². The molecule has 7 heteroatoms. The van der Waals surface area contributed by atoms with Gasteiger partial charge in [0.15, 0.2) is 11.6 Å². The first-order valence-electron chi connectivity index (χ1n) is 8.51. The number of pyridine rings is 1. The normalized spacial score (nSPS) is 10.5. The van der Waals surface area contributed by atoms with Gasteiger partial charge in [0.1, 0.15) is 5.75 Å². The molecular formula is C21H19FN2O4. The summed E-state index contributed by atoms with van der Waals surface area (Å²) >= 11 is 0. The molecule has 144 valence electrons. The zero-order valence-corrected chi connectivity index (χ0v) is 15.1. The van der Waals surface area contributed by atoms with Crippen molar-refractivity contribution in [3.63, 3.8) is 0 Å². The van der Waals surface area contributed by atoms with E-state index >= 15 is 0 Å². The van der Waals surface area contributed by atoms with Gasteiger partial charge in [0.25, 0.3) is 5.91 Å². The van der Waals surface area contributed by atoms with E-state index in [1.54, 1.807) is 30.6 Å². The average molecular weight is 382 g/mol. The molecule has 3 rings (SSSR count). The number of phenols is 1. The zero-order chi connectivity index (χ0) is 20.1. The molecular weight excluding hydrogens is 363 g/mol. The molecule has 1 aromatic heterocycles. The predicted octanol–water partition coefficient (Wildman–Crippen LogP) is 3.02. The van der Waals surface area contributed by atoms with Crippen molar-refractivity contribution >= 4 is 5.91 Å². The maximum Gasteiger partial charge on any atom is 0.255 e. The fraction of sp³-hybridized carbons (Fsp3) is 0.143. The maximum absolute atomic E-state index is 13.8. The second-order valence-corrected chi connectivity index (χ2v) is 6.07. The van der Waals surface area contributed by atoms with Crippen molar-refractivity contribution in [1.82, 2.24) is 10.3 Å². The number of aliphatic hydroxyl groups excluding tert-OH is 1. The Hall–Kier alpha value is -3.45. The molecule has 0 unspecified atom stereocenters. The Morgan fingerprint density at radius 3 is 2.75 bits per heavy atom. The van der Waals surface area contributed by atoms with Crippen molar-refractivity contribution in [3.8, 4) is 22.6 Å². The lowest BCUT2D eigenvalue weighted by atomic mass is 9.99. The summed E-state index contributed by atoms with van der Waals surface area (Å²) in [4.78, 5) is 16.6. The third-order valence-electron chi connectivity index (χ3n) is 4.30. The number of carbonyl (C=O) groups is 1. The molecule has 0 spiro atoms. The van der Waals surface area contributed by atoms with E-state index in [-0.39, 0.29) is 30.2 Å². The topological polar surface area (TPSA) is 91.7 Å². The highest BCUT2D eigenvalue weighted by Gasteiger charge is 2.14. The Morgan fingerprint density at radius 1 is 1.21 bits per heavy atom. The number of aromatic hydroxyl groups is 1. The number of nitrogens with one attached hydrogen (secondary N) is 1. The van der Waals surface area contributed by atoms with E-state index in [4.69, 9.17) is 4.74 Å². The lowest BCUT2D eigenvalue weighted by Crippen LogP contribution is -2.23.